The minimum Gasteiger partial charge on any atom is -0.465 e. The van der Waals surface area contributed by atoms with Crippen molar-refractivity contribution in [3.63, 3.8) is 0 Å². The van der Waals surface area contributed by atoms with Crippen LogP contribution in [0.3, 0.4) is 0 Å². The van der Waals surface area contributed by atoms with Crippen molar-refractivity contribution in [1.82, 2.24) is 14.2 Å². The van der Waals surface area contributed by atoms with Gasteiger partial charge in [-0.15, -0.1) is 11.3 Å². The molecule has 6 nitrogen and oxygen atoms in total. The van der Waals surface area contributed by atoms with Crippen LogP contribution in [0.5, 0.6) is 0 Å². The van der Waals surface area contributed by atoms with Gasteiger partial charge in [0.2, 0.25) is 0 Å². The largest absolute Gasteiger partial charge is 0.465 e. The molecule has 0 fully saturated rings. The Morgan fingerprint density at radius 1 is 1.39 bits per heavy atom. The van der Waals surface area contributed by atoms with E-state index in [1.54, 1.807) is 17.4 Å². The van der Waals surface area contributed by atoms with Crippen LogP contribution in [0.25, 0.3) is 15.7 Å². The number of rotatable bonds is 4. The maximum Gasteiger partial charge on any atom is 0.327 e. The molecule has 3 aromatic rings. The first-order valence-corrected chi connectivity index (χ1v) is 8.11. The Balaban J connectivity index is 2.26. The number of thiophene rings is 1. The molecule has 0 atom stereocenters. The van der Waals surface area contributed by atoms with Gasteiger partial charge in [0.1, 0.15) is 17.9 Å². The molecule has 3 rings (SSSR count). The molecule has 122 valence electrons. The van der Waals surface area contributed by atoms with Crippen molar-refractivity contribution in [3.8, 4) is 0 Å². The molecular weight excluding hydrogens is 321 g/mol. The molecular formula is C15H16FN3O3S. The van der Waals surface area contributed by atoms with E-state index >= 15 is 0 Å². The molecule has 0 saturated heterocycles. The van der Waals surface area contributed by atoms with Gasteiger partial charge in [0.15, 0.2) is 5.13 Å². The topological polar surface area (TPSA) is 65.6 Å². The number of carbonyl (C=O) groups is 1. The van der Waals surface area contributed by atoms with Gasteiger partial charge in [0.05, 0.1) is 16.8 Å². The number of ether oxygens (including phenoxy) is 1. The van der Waals surface area contributed by atoms with Gasteiger partial charge < -0.3 is 4.74 Å². The summed E-state index contributed by atoms with van der Waals surface area (Å²) in [6, 6.07) is 3.04. The average Bonchev–Trinajstić information content (AvgIpc) is 2.98. The molecule has 23 heavy (non-hydrogen) atoms. The average molecular weight is 337 g/mol. The van der Waals surface area contributed by atoms with Gasteiger partial charge in [-0.1, -0.05) is 13.8 Å². The number of nitrogens with zero attached hydrogens (tertiary/aromatic N) is 3. The number of carbonyl (C=O) groups excluding carboxylic acids is 1. The van der Waals surface area contributed by atoms with Crippen molar-refractivity contribution in [2.75, 3.05) is 6.61 Å². The van der Waals surface area contributed by atoms with E-state index < -0.39 is 11.5 Å². The van der Waals surface area contributed by atoms with Crippen molar-refractivity contribution in [2.45, 2.75) is 33.2 Å². The fraction of sp³-hybridized carbons (Fsp3) is 0.400. The number of esters is 1. The first-order chi connectivity index (χ1) is 10.9. The third kappa shape index (κ3) is 2.63. The summed E-state index contributed by atoms with van der Waals surface area (Å²) in [4.78, 5) is 24.3. The zero-order valence-corrected chi connectivity index (χ0v) is 13.8. The second kappa shape index (κ2) is 5.77. The molecule has 0 N–H and O–H groups in total. The Morgan fingerprint density at radius 2 is 2.13 bits per heavy atom. The minimum absolute atomic E-state index is 0.00916. The lowest BCUT2D eigenvalue weighted by Gasteiger charge is -2.12. The summed E-state index contributed by atoms with van der Waals surface area (Å²) in [5, 5.41) is 3.99. The summed E-state index contributed by atoms with van der Waals surface area (Å²) in [6.07, 6.45) is 0. The van der Waals surface area contributed by atoms with Gasteiger partial charge in [0.25, 0.3) is 5.56 Å². The molecule has 3 aromatic heterocycles. The number of hydrogen-bond donors (Lipinski definition) is 0. The molecule has 8 heteroatoms. The number of fused-ring (bicyclic) bond motifs is 3. The summed E-state index contributed by atoms with van der Waals surface area (Å²) >= 11 is 0.980. The lowest BCUT2D eigenvalue weighted by atomic mass is 10.2. The predicted molar refractivity (Wildman–Crippen MR) is 85.5 cm³/mol. The SMILES string of the molecule is CCOC(=O)Cn1nc(C(C)C)n2c(cc3sc(F)cc32)c1=O. The van der Waals surface area contributed by atoms with Crippen LogP contribution < -0.4 is 5.56 Å². The van der Waals surface area contributed by atoms with Gasteiger partial charge in [-0.2, -0.15) is 9.49 Å². The van der Waals surface area contributed by atoms with Crippen molar-refractivity contribution in [1.29, 1.82) is 0 Å². The van der Waals surface area contributed by atoms with Crippen LogP contribution in [-0.2, 0) is 16.1 Å². The Morgan fingerprint density at radius 3 is 2.78 bits per heavy atom. The fourth-order valence-corrected chi connectivity index (χ4v) is 3.33. The lowest BCUT2D eigenvalue weighted by molar-refractivity contribution is -0.144. The summed E-state index contributed by atoms with van der Waals surface area (Å²) in [6.45, 7) is 5.56. The third-order valence-corrected chi connectivity index (χ3v) is 4.33. The Bertz CT molecular complexity index is 954. The van der Waals surface area contributed by atoms with Gasteiger partial charge in [-0.25, -0.2) is 4.68 Å². The maximum atomic E-state index is 13.5. The predicted octanol–water partition coefficient (Wildman–Crippen LogP) is 2.54. The first-order valence-electron chi connectivity index (χ1n) is 7.29. The molecule has 0 unspecified atom stereocenters. The molecule has 0 aliphatic carbocycles. The molecule has 0 radical (unpaired) electrons. The van der Waals surface area contributed by atoms with Crippen molar-refractivity contribution >= 4 is 33.0 Å². The standard InChI is InChI=1S/C15H16FN3O3S/c1-4-22-13(20)7-18-15(21)10-5-11-9(6-12(16)23-11)19(10)14(17-18)8(2)3/h5-6,8H,4,7H2,1-3H3. The van der Waals surface area contributed by atoms with Gasteiger partial charge in [-0.05, 0) is 13.0 Å². The van der Waals surface area contributed by atoms with E-state index in [2.05, 4.69) is 5.10 Å². The molecule has 3 heterocycles. The highest BCUT2D eigenvalue weighted by molar-refractivity contribution is 7.17. The van der Waals surface area contributed by atoms with E-state index in [1.165, 1.54) is 6.07 Å². The number of aromatic nitrogens is 3. The van der Waals surface area contributed by atoms with E-state index in [-0.39, 0.29) is 24.2 Å². The van der Waals surface area contributed by atoms with E-state index in [1.807, 2.05) is 13.8 Å². The summed E-state index contributed by atoms with van der Waals surface area (Å²) in [7, 11) is 0. The molecule has 0 saturated carbocycles. The zero-order valence-electron chi connectivity index (χ0n) is 13.0. The summed E-state index contributed by atoms with van der Waals surface area (Å²) in [5.41, 5.74) is 0.611. The van der Waals surface area contributed by atoms with Crippen LogP contribution >= 0.6 is 11.3 Å². The van der Waals surface area contributed by atoms with E-state index in [4.69, 9.17) is 4.74 Å². The van der Waals surface area contributed by atoms with E-state index in [0.29, 0.717) is 21.6 Å². The molecule has 0 amide bonds. The minimum atomic E-state index is -0.513. The van der Waals surface area contributed by atoms with Gasteiger partial charge >= 0.3 is 5.97 Å². The van der Waals surface area contributed by atoms with Crippen LogP contribution in [0, 0.1) is 5.13 Å². The van der Waals surface area contributed by atoms with Crippen LogP contribution in [0.15, 0.2) is 16.9 Å². The smallest absolute Gasteiger partial charge is 0.327 e. The van der Waals surface area contributed by atoms with E-state index in [0.717, 1.165) is 16.0 Å². The lowest BCUT2D eigenvalue weighted by Crippen LogP contribution is -2.31. The van der Waals surface area contributed by atoms with Gasteiger partial charge in [-0.3, -0.25) is 14.0 Å². The van der Waals surface area contributed by atoms with Crippen molar-refractivity contribution in [2.24, 2.45) is 0 Å². The summed E-state index contributed by atoms with van der Waals surface area (Å²) < 4.78 is 21.8. The molecule has 0 bridgehead atoms. The highest BCUT2D eigenvalue weighted by Gasteiger charge is 2.19. The normalized spacial score (nSPS) is 11.7. The third-order valence-electron chi connectivity index (χ3n) is 3.47. The van der Waals surface area contributed by atoms with Crippen LogP contribution in [0.1, 0.15) is 32.5 Å². The van der Waals surface area contributed by atoms with Crippen molar-refractivity contribution < 1.29 is 13.9 Å². The van der Waals surface area contributed by atoms with Crippen molar-refractivity contribution in [3.05, 3.63) is 33.4 Å². The number of halogens is 1. The maximum absolute atomic E-state index is 13.5. The Hall–Kier alpha value is -2.22. The monoisotopic (exact) mass is 337 g/mol. The Kier molecular flexibility index (Phi) is 3.93. The molecule has 0 aliphatic rings. The molecule has 0 spiro atoms. The van der Waals surface area contributed by atoms with Crippen LogP contribution in [-0.4, -0.2) is 26.8 Å². The van der Waals surface area contributed by atoms with Gasteiger partial charge in [0, 0.05) is 12.0 Å². The summed E-state index contributed by atoms with van der Waals surface area (Å²) in [5.74, 6) is 0.0716. The Labute approximate surface area is 135 Å². The highest BCUT2D eigenvalue weighted by atomic mass is 32.1. The van der Waals surface area contributed by atoms with E-state index in [9.17, 15) is 14.0 Å². The quantitative estimate of drug-likeness (QED) is 0.686. The first kappa shape index (κ1) is 15.7. The second-order valence-electron chi connectivity index (χ2n) is 5.45. The number of hydrogen-bond acceptors (Lipinski definition) is 5. The van der Waals surface area contributed by atoms with Crippen LogP contribution in [0.2, 0.25) is 0 Å². The highest BCUT2D eigenvalue weighted by Crippen LogP contribution is 2.29. The molecule has 0 aliphatic heterocycles. The second-order valence-corrected chi connectivity index (χ2v) is 6.48. The zero-order chi connectivity index (χ0) is 16.7. The van der Waals surface area contributed by atoms with Crippen LogP contribution in [0.4, 0.5) is 4.39 Å². The molecule has 0 aromatic carbocycles. The fourth-order valence-electron chi connectivity index (χ4n) is 2.52.